The van der Waals surface area contributed by atoms with Gasteiger partial charge in [-0.05, 0) is 17.9 Å². The van der Waals surface area contributed by atoms with E-state index in [1.54, 1.807) is 31.2 Å². The lowest BCUT2D eigenvalue weighted by Gasteiger charge is -2.06. The van der Waals surface area contributed by atoms with E-state index in [2.05, 4.69) is 9.99 Å². The van der Waals surface area contributed by atoms with Gasteiger partial charge in [0.05, 0.1) is 5.71 Å². The molecule has 1 aromatic rings. The van der Waals surface area contributed by atoms with Gasteiger partial charge in [-0.3, -0.25) is 0 Å². The van der Waals surface area contributed by atoms with Gasteiger partial charge in [-0.15, -0.1) is 0 Å². The summed E-state index contributed by atoms with van der Waals surface area (Å²) in [5.41, 5.74) is 1.70. The van der Waals surface area contributed by atoms with Crippen molar-refractivity contribution in [1.29, 1.82) is 0 Å². The van der Waals surface area contributed by atoms with Crippen molar-refractivity contribution < 1.29 is 14.9 Å². The van der Waals surface area contributed by atoms with Crippen molar-refractivity contribution in [3.63, 3.8) is 0 Å². The van der Waals surface area contributed by atoms with E-state index in [0.29, 0.717) is 16.7 Å². The first-order valence-corrected chi connectivity index (χ1v) is 4.20. The van der Waals surface area contributed by atoms with Crippen LogP contribution in [-0.4, -0.2) is 30.0 Å². The van der Waals surface area contributed by atoms with E-state index < -0.39 is 7.12 Å². The van der Waals surface area contributed by atoms with Crippen molar-refractivity contribution in [3.05, 3.63) is 29.8 Å². The molecule has 5 heteroatoms. The van der Waals surface area contributed by atoms with Gasteiger partial charge in [0.2, 0.25) is 0 Å². The molecule has 74 valence electrons. The Morgan fingerprint density at radius 2 is 2.00 bits per heavy atom. The quantitative estimate of drug-likeness (QED) is 0.394. The minimum absolute atomic E-state index is 0.422. The van der Waals surface area contributed by atoms with E-state index in [1.165, 1.54) is 7.11 Å². The minimum Gasteiger partial charge on any atom is -0.423 e. The maximum absolute atomic E-state index is 9.08. The van der Waals surface area contributed by atoms with Gasteiger partial charge in [0.25, 0.3) is 0 Å². The Bertz CT molecular complexity index is 339. The summed E-state index contributed by atoms with van der Waals surface area (Å²) in [7, 11) is -0.0465. The Morgan fingerprint density at radius 3 is 2.57 bits per heavy atom. The topological polar surface area (TPSA) is 62.0 Å². The highest BCUT2D eigenvalue weighted by molar-refractivity contribution is 6.60. The highest BCUT2D eigenvalue weighted by Gasteiger charge is 2.16. The second-order valence-electron chi connectivity index (χ2n) is 2.82. The Hall–Kier alpha value is -1.33. The van der Waals surface area contributed by atoms with Crippen LogP contribution in [0.15, 0.2) is 29.4 Å². The third kappa shape index (κ3) is 2.34. The van der Waals surface area contributed by atoms with Gasteiger partial charge in [-0.2, -0.15) is 0 Å². The number of hydrogen-bond acceptors (Lipinski definition) is 4. The van der Waals surface area contributed by atoms with Crippen LogP contribution >= 0.6 is 0 Å². The molecule has 0 radical (unpaired) electrons. The average molecular weight is 193 g/mol. The minimum atomic E-state index is -1.49. The first kappa shape index (κ1) is 10.8. The molecule has 0 aromatic heterocycles. The smallest absolute Gasteiger partial charge is 0.423 e. The van der Waals surface area contributed by atoms with Crippen molar-refractivity contribution in [1.82, 2.24) is 0 Å². The summed E-state index contributed by atoms with van der Waals surface area (Å²) >= 11 is 0. The molecule has 0 saturated heterocycles. The fraction of sp³-hybridized carbons (Fsp3) is 0.222. The van der Waals surface area contributed by atoms with Crippen LogP contribution in [-0.2, 0) is 4.84 Å². The van der Waals surface area contributed by atoms with E-state index in [1.807, 2.05) is 0 Å². The molecule has 2 N–H and O–H groups in total. The summed E-state index contributed by atoms with van der Waals surface area (Å²) in [5.74, 6) is 0. The Kier molecular flexibility index (Phi) is 3.68. The van der Waals surface area contributed by atoms with Crippen LogP contribution in [0, 0.1) is 0 Å². The van der Waals surface area contributed by atoms with Gasteiger partial charge in [0.1, 0.15) is 7.11 Å². The molecule has 1 rings (SSSR count). The molecule has 0 heterocycles. The zero-order valence-corrected chi connectivity index (χ0v) is 8.14. The molecule has 14 heavy (non-hydrogen) atoms. The highest BCUT2D eigenvalue weighted by atomic mass is 16.6. The molecule has 0 aliphatic carbocycles. The number of oxime groups is 1. The van der Waals surface area contributed by atoms with E-state index in [9.17, 15) is 0 Å². The van der Waals surface area contributed by atoms with Crippen LogP contribution in [0.3, 0.4) is 0 Å². The van der Waals surface area contributed by atoms with Crippen molar-refractivity contribution in [2.75, 3.05) is 7.11 Å². The molecule has 0 aliphatic heterocycles. The summed E-state index contributed by atoms with van der Waals surface area (Å²) < 4.78 is 0. The van der Waals surface area contributed by atoms with Gasteiger partial charge in [-0.25, -0.2) is 0 Å². The Morgan fingerprint density at radius 1 is 1.36 bits per heavy atom. The molecule has 0 spiro atoms. The van der Waals surface area contributed by atoms with Crippen molar-refractivity contribution in [2.45, 2.75) is 6.92 Å². The molecule has 0 saturated carbocycles. The summed E-state index contributed by atoms with van der Waals surface area (Å²) in [5, 5.41) is 21.9. The van der Waals surface area contributed by atoms with E-state index in [-0.39, 0.29) is 0 Å². The Balaban J connectivity index is 3.13. The lowest BCUT2D eigenvalue weighted by Crippen LogP contribution is -2.34. The highest BCUT2D eigenvalue weighted by Crippen LogP contribution is 1.99. The van der Waals surface area contributed by atoms with Crippen LogP contribution in [0.25, 0.3) is 0 Å². The van der Waals surface area contributed by atoms with E-state index >= 15 is 0 Å². The van der Waals surface area contributed by atoms with Gasteiger partial charge in [0, 0.05) is 0 Å². The third-order valence-corrected chi connectivity index (χ3v) is 1.86. The third-order valence-electron chi connectivity index (χ3n) is 1.86. The molecular formula is C9H12BNO3. The van der Waals surface area contributed by atoms with Gasteiger partial charge in [0.15, 0.2) is 0 Å². The predicted molar refractivity (Wildman–Crippen MR) is 55.5 cm³/mol. The zero-order valence-electron chi connectivity index (χ0n) is 8.14. The number of hydrogen-bond donors (Lipinski definition) is 2. The van der Waals surface area contributed by atoms with Crippen LogP contribution < -0.4 is 5.46 Å². The largest absolute Gasteiger partial charge is 0.489 e. The van der Waals surface area contributed by atoms with Crippen molar-refractivity contribution in [2.24, 2.45) is 5.16 Å². The van der Waals surface area contributed by atoms with Gasteiger partial charge >= 0.3 is 7.12 Å². The molecule has 1 aromatic carbocycles. The molecule has 0 amide bonds. The summed E-state index contributed by atoms with van der Waals surface area (Å²) in [4.78, 5) is 4.62. The molecule has 0 bridgehead atoms. The fourth-order valence-electron chi connectivity index (χ4n) is 1.24. The summed E-state index contributed by atoms with van der Waals surface area (Å²) in [6.45, 7) is 1.74. The van der Waals surface area contributed by atoms with Crippen molar-refractivity contribution >= 4 is 18.3 Å². The monoisotopic (exact) mass is 193 g/mol. The van der Waals surface area contributed by atoms with Crippen LogP contribution in [0.1, 0.15) is 12.5 Å². The maximum atomic E-state index is 9.08. The van der Waals surface area contributed by atoms with Crippen LogP contribution in [0.2, 0.25) is 0 Å². The number of benzene rings is 1. The second-order valence-corrected chi connectivity index (χ2v) is 2.82. The fourth-order valence-corrected chi connectivity index (χ4v) is 1.24. The molecule has 4 nitrogen and oxygen atoms in total. The predicted octanol–water partition coefficient (Wildman–Crippen LogP) is -0.263. The second kappa shape index (κ2) is 4.78. The molecule has 0 aliphatic rings. The summed E-state index contributed by atoms with van der Waals surface area (Å²) in [6.07, 6.45) is 0. The van der Waals surface area contributed by atoms with Crippen LogP contribution in [0.5, 0.6) is 0 Å². The number of rotatable bonds is 3. The first-order valence-electron chi connectivity index (χ1n) is 4.20. The average Bonchev–Trinajstić information content (AvgIpc) is 2.18. The van der Waals surface area contributed by atoms with Crippen LogP contribution in [0.4, 0.5) is 0 Å². The standard InChI is InChI=1S/C9H12BNO3/c1-7(11-14-2)8-5-3-4-6-9(8)10(12)13/h3-6,12-13H,1-2H3. The van der Waals surface area contributed by atoms with Gasteiger partial charge < -0.3 is 14.9 Å². The maximum Gasteiger partial charge on any atom is 0.489 e. The van der Waals surface area contributed by atoms with Crippen molar-refractivity contribution in [3.8, 4) is 0 Å². The normalized spacial score (nSPS) is 11.3. The van der Waals surface area contributed by atoms with E-state index in [0.717, 1.165) is 0 Å². The lowest BCUT2D eigenvalue weighted by molar-refractivity contribution is 0.213. The van der Waals surface area contributed by atoms with E-state index in [4.69, 9.17) is 10.0 Å². The first-order chi connectivity index (χ1) is 6.66. The molecule has 0 unspecified atom stereocenters. The zero-order chi connectivity index (χ0) is 10.6. The Labute approximate surface area is 83.0 Å². The molecular weight excluding hydrogens is 181 g/mol. The lowest BCUT2D eigenvalue weighted by atomic mass is 9.76. The number of nitrogens with zero attached hydrogens (tertiary/aromatic N) is 1. The molecule has 0 atom stereocenters. The molecule has 0 fully saturated rings. The summed E-state index contributed by atoms with van der Waals surface area (Å²) in [6, 6.07) is 6.93. The SMILES string of the molecule is CON=C(C)c1ccccc1B(O)O. The van der Waals surface area contributed by atoms with Gasteiger partial charge in [-0.1, -0.05) is 29.4 Å².